The molecule has 2 aromatic rings. The molecule has 3 rings (SSSR count). The molecule has 1 aliphatic rings. The number of ether oxygens (including phenoxy) is 1. The number of nitrogen functional groups attached to an aromatic ring is 1. The Morgan fingerprint density at radius 3 is 2.39 bits per heavy atom. The third-order valence-electron chi connectivity index (χ3n) is 3.87. The van der Waals surface area contributed by atoms with E-state index in [0.29, 0.717) is 25.4 Å². The van der Waals surface area contributed by atoms with Crippen molar-refractivity contribution < 1.29 is 9.53 Å². The van der Waals surface area contributed by atoms with Crippen LogP contribution in [0.2, 0.25) is 0 Å². The SMILES string of the molecule is CCOc1ccc(N2CCCN(c3cccc(N)c3)C2=O)cc1. The minimum Gasteiger partial charge on any atom is -0.494 e. The largest absolute Gasteiger partial charge is 0.494 e. The maximum atomic E-state index is 12.8. The number of anilines is 3. The number of urea groups is 1. The van der Waals surface area contributed by atoms with E-state index in [1.165, 1.54) is 0 Å². The van der Waals surface area contributed by atoms with Crippen LogP contribution in [0.1, 0.15) is 13.3 Å². The predicted octanol–water partition coefficient (Wildman–Crippen LogP) is 3.50. The zero-order valence-corrected chi connectivity index (χ0v) is 13.2. The van der Waals surface area contributed by atoms with Crippen molar-refractivity contribution in [3.63, 3.8) is 0 Å². The van der Waals surface area contributed by atoms with Crippen LogP contribution in [0.3, 0.4) is 0 Å². The number of nitrogens with zero attached hydrogens (tertiary/aromatic N) is 2. The molecule has 0 atom stereocenters. The summed E-state index contributed by atoms with van der Waals surface area (Å²) in [7, 11) is 0. The Morgan fingerprint density at radius 1 is 1.04 bits per heavy atom. The van der Waals surface area contributed by atoms with Gasteiger partial charge in [-0.25, -0.2) is 4.79 Å². The Balaban J connectivity index is 1.82. The van der Waals surface area contributed by atoms with Gasteiger partial charge in [0.05, 0.1) is 6.61 Å². The standard InChI is InChI=1S/C18H21N3O2/c1-2-23-17-9-7-15(8-10-17)20-11-4-12-21(18(20)22)16-6-3-5-14(19)13-16/h3,5-10,13H,2,4,11-12,19H2,1H3. The second-order valence-corrected chi connectivity index (χ2v) is 5.46. The molecule has 0 aromatic heterocycles. The topological polar surface area (TPSA) is 58.8 Å². The van der Waals surface area contributed by atoms with Gasteiger partial charge in [-0.1, -0.05) is 6.07 Å². The summed E-state index contributed by atoms with van der Waals surface area (Å²) >= 11 is 0. The Hall–Kier alpha value is -2.69. The maximum Gasteiger partial charge on any atom is 0.328 e. The van der Waals surface area contributed by atoms with Gasteiger partial charge < -0.3 is 10.5 Å². The Labute approximate surface area is 136 Å². The zero-order valence-electron chi connectivity index (χ0n) is 13.2. The summed E-state index contributed by atoms with van der Waals surface area (Å²) < 4.78 is 5.45. The maximum absolute atomic E-state index is 12.8. The lowest BCUT2D eigenvalue weighted by Gasteiger charge is -2.35. The Bertz CT molecular complexity index is 685. The molecule has 5 nitrogen and oxygen atoms in total. The monoisotopic (exact) mass is 311 g/mol. The first-order valence-electron chi connectivity index (χ1n) is 7.86. The second-order valence-electron chi connectivity index (χ2n) is 5.46. The highest BCUT2D eigenvalue weighted by Gasteiger charge is 2.27. The van der Waals surface area contributed by atoms with Gasteiger partial charge in [0, 0.05) is 30.2 Å². The highest BCUT2D eigenvalue weighted by molar-refractivity contribution is 6.04. The number of amides is 2. The van der Waals surface area contributed by atoms with Gasteiger partial charge in [-0.2, -0.15) is 0 Å². The molecule has 1 aliphatic heterocycles. The quantitative estimate of drug-likeness (QED) is 0.879. The van der Waals surface area contributed by atoms with Crippen LogP contribution in [0, 0.1) is 0 Å². The van der Waals surface area contributed by atoms with Gasteiger partial charge in [0.15, 0.2) is 0 Å². The molecule has 2 N–H and O–H groups in total. The van der Waals surface area contributed by atoms with Crippen molar-refractivity contribution in [2.45, 2.75) is 13.3 Å². The first kappa shape index (κ1) is 15.2. The molecule has 0 spiro atoms. The van der Waals surface area contributed by atoms with Crippen molar-refractivity contribution >= 4 is 23.1 Å². The molecule has 2 aromatic carbocycles. The molecule has 5 heteroatoms. The second kappa shape index (κ2) is 6.60. The van der Waals surface area contributed by atoms with E-state index in [-0.39, 0.29) is 6.03 Å². The summed E-state index contributed by atoms with van der Waals surface area (Å²) in [6.07, 6.45) is 0.910. The van der Waals surface area contributed by atoms with Crippen molar-refractivity contribution in [2.24, 2.45) is 0 Å². The van der Waals surface area contributed by atoms with Crippen LogP contribution >= 0.6 is 0 Å². The van der Waals surface area contributed by atoms with Crippen molar-refractivity contribution in [3.8, 4) is 5.75 Å². The average molecular weight is 311 g/mol. The molecule has 23 heavy (non-hydrogen) atoms. The van der Waals surface area contributed by atoms with E-state index in [4.69, 9.17) is 10.5 Å². The summed E-state index contributed by atoms with van der Waals surface area (Å²) in [5.74, 6) is 0.813. The number of hydrogen-bond acceptors (Lipinski definition) is 3. The van der Waals surface area contributed by atoms with Crippen molar-refractivity contribution in [3.05, 3.63) is 48.5 Å². The van der Waals surface area contributed by atoms with E-state index >= 15 is 0 Å². The van der Waals surface area contributed by atoms with E-state index in [0.717, 1.165) is 23.5 Å². The average Bonchev–Trinajstić information content (AvgIpc) is 2.56. The van der Waals surface area contributed by atoms with Crippen LogP contribution in [-0.4, -0.2) is 25.7 Å². The van der Waals surface area contributed by atoms with Crippen LogP contribution in [0.4, 0.5) is 21.9 Å². The normalized spacial score (nSPS) is 14.9. The fourth-order valence-electron chi connectivity index (χ4n) is 2.78. The number of rotatable bonds is 4. The number of hydrogen-bond donors (Lipinski definition) is 1. The Morgan fingerprint density at radius 2 is 1.74 bits per heavy atom. The van der Waals surface area contributed by atoms with Gasteiger partial charge >= 0.3 is 6.03 Å². The molecule has 0 unspecified atom stereocenters. The van der Waals surface area contributed by atoms with Gasteiger partial charge in [-0.15, -0.1) is 0 Å². The summed E-state index contributed by atoms with van der Waals surface area (Å²) in [5, 5.41) is 0. The lowest BCUT2D eigenvalue weighted by atomic mass is 10.2. The minimum atomic E-state index is -0.0222. The molecule has 0 saturated carbocycles. The number of carbonyl (C=O) groups is 1. The van der Waals surface area contributed by atoms with Crippen LogP contribution < -0.4 is 20.3 Å². The summed E-state index contributed by atoms with van der Waals surface area (Å²) in [6.45, 7) is 4.00. The van der Waals surface area contributed by atoms with Gasteiger partial charge in [-0.3, -0.25) is 9.80 Å². The van der Waals surface area contributed by atoms with E-state index in [9.17, 15) is 4.79 Å². The van der Waals surface area contributed by atoms with Crippen LogP contribution in [-0.2, 0) is 0 Å². The fraction of sp³-hybridized carbons (Fsp3) is 0.278. The van der Waals surface area contributed by atoms with Crippen LogP contribution in [0.5, 0.6) is 5.75 Å². The van der Waals surface area contributed by atoms with Crippen LogP contribution in [0.25, 0.3) is 0 Å². The smallest absolute Gasteiger partial charge is 0.328 e. The lowest BCUT2D eigenvalue weighted by molar-refractivity contribution is 0.248. The fourth-order valence-corrected chi connectivity index (χ4v) is 2.78. The third kappa shape index (κ3) is 3.23. The van der Waals surface area contributed by atoms with E-state index in [1.54, 1.807) is 9.80 Å². The molecule has 0 radical (unpaired) electrons. The predicted molar refractivity (Wildman–Crippen MR) is 93.2 cm³/mol. The van der Waals surface area contributed by atoms with E-state index in [2.05, 4.69) is 0 Å². The molecule has 1 fully saturated rings. The molecule has 0 aliphatic carbocycles. The van der Waals surface area contributed by atoms with Gasteiger partial charge in [0.2, 0.25) is 0 Å². The van der Waals surface area contributed by atoms with Crippen molar-refractivity contribution in [2.75, 3.05) is 35.2 Å². The first-order chi connectivity index (χ1) is 11.2. The number of carbonyl (C=O) groups excluding carboxylic acids is 1. The first-order valence-corrected chi connectivity index (χ1v) is 7.86. The minimum absolute atomic E-state index is 0.0222. The molecule has 1 saturated heterocycles. The molecular formula is C18H21N3O2. The number of benzene rings is 2. The number of nitrogens with two attached hydrogens (primary N) is 1. The van der Waals surface area contributed by atoms with E-state index in [1.807, 2.05) is 55.5 Å². The van der Waals surface area contributed by atoms with Crippen molar-refractivity contribution in [1.82, 2.24) is 0 Å². The Kier molecular flexibility index (Phi) is 4.37. The van der Waals surface area contributed by atoms with Gasteiger partial charge in [-0.05, 0) is 55.8 Å². The van der Waals surface area contributed by atoms with Crippen molar-refractivity contribution in [1.29, 1.82) is 0 Å². The van der Waals surface area contributed by atoms with Crippen LogP contribution in [0.15, 0.2) is 48.5 Å². The van der Waals surface area contributed by atoms with Gasteiger partial charge in [0.1, 0.15) is 5.75 Å². The third-order valence-corrected chi connectivity index (χ3v) is 3.87. The lowest BCUT2D eigenvalue weighted by Crippen LogP contribution is -2.49. The molecular weight excluding hydrogens is 290 g/mol. The molecule has 120 valence electrons. The molecule has 1 heterocycles. The zero-order chi connectivity index (χ0) is 16.2. The summed E-state index contributed by atoms with van der Waals surface area (Å²) in [4.78, 5) is 16.4. The summed E-state index contributed by atoms with van der Waals surface area (Å²) in [5.41, 5.74) is 8.22. The highest BCUT2D eigenvalue weighted by atomic mass is 16.5. The van der Waals surface area contributed by atoms with Gasteiger partial charge in [0.25, 0.3) is 0 Å². The molecule has 0 bridgehead atoms. The highest BCUT2D eigenvalue weighted by Crippen LogP contribution is 2.27. The summed E-state index contributed by atoms with van der Waals surface area (Å²) in [6, 6.07) is 15.0. The molecule has 2 amide bonds. The van der Waals surface area contributed by atoms with E-state index < -0.39 is 0 Å².